The van der Waals surface area contributed by atoms with Crippen LogP contribution in [0.4, 0.5) is 5.82 Å². The number of nitrogens with zero attached hydrogens (tertiary/aromatic N) is 3. The van der Waals surface area contributed by atoms with Gasteiger partial charge in [0.15, 0.2) is 0 Å². The fourth-order valence-electron chi connectivity index (χ4n) is 2.86. The number of benzene rings is 1. The standard InChI is InChI=1S/C19H19ClN4O3S/c1-13-18(15-9-11-21-12-10-15)22-23-19(13)24(28(2,26)27)17(25)8-5-14-3-6-16(20)7-4-14/h3-4,6-7,9-12H,5,8H2,1-2H3,(H,22,23). The van der Waals surface area contributed by atoms with Crippen molar-refractivity contribution in [2.75, 3.05) is 10.6 Å². The first-order valence-electron chi connectivity index (χ1n) is 8.50. The summed E-state index contributed by atoms with van der Waals surface area (Å²) in [5.74, 6) is -0.388. The smallest absolute Gasteiger partial charge is 0.242 e. The quantitative estimate of drug-likeness (QED) is 0.662. The molecule has 0 spiro atoms. The molecule has 1 aromatic carbocycles. The molecule has 0 unspecified atom stereocenters. The number of H-pyrrole nitrogens is 1. The van der Waals surface area contributed by atoms with Gasteiger partial charge >= 0.3 is 0 Å². The fourth-order valence-corrected chi connectivity index (χ4v) is 3.95. The summed E-state index contributed by atoms with van der Waals surface area (Å²) in [5.41, 5.74) is 2.80. The maximum Gasteiger partial charge on any atom is 0.242 e. The van der Waals surface area contributed by atoms with E-state index in [0.717, 1.165) is 21.7 Å². The van der Waals surface area contributed by atoms with E-state index in [9.17, 15) is 13.2 Å². The molecule has 1 amide bonds. The minimum atomic E-state index is -3.84. The number of carbonyl (C=O) groups excluding carboxylic acids is 1. The van der Waals surface area contributed by atoms with Gasteiger partial charge in [0.05, 0.1) is 11.9 Å². The zero-order valence-electron chi connectivity index (χ0n) is 15.4. The number of aryl methyl sites for hydroxylation is 1. The molecule has 7 nitrogen and oxygen atoms in total. The van der Waals surface area contributed by atoms with E-state index in [1.165, 1.54) is 0 Å². The number of sulfonamides is 1. The molecule has 0 saturated heterocycles. The van der Waals surface area contributed by atoms with Gasteiger partial charge in [-0.25, -0.2) is 8.42 Å². The topological polar surface area (TPSA) is 96.0 Å². The lowest BCUT2D eigenvalue weighted by Gasteiger charge is -2.19. The van der Waals surface area contributed by atoms with Crippen LogP contribution in [-0.2, 0) is 21.2 Å². The zero-order valence-corrected chi connectivity index (χ0v) is 17.0. The van der Waals surface area contributed by atoms with Gasteiger partial charge in [-0.15, -0.1) is 0 Å². The first-order chi connectivity index (χ1) is 13.3. The number of pyridine rings is 1. The third kappa shape index (κ3) is 4.40. The Morgan fingerprint density at radius 1 is 1.14 bits per heavy atom. The van der Waals surface area contributed by atoms with Crippen LogP contribution in [0.5, 0.6) is 0 Å². The molecule has 9 heteroatoms. The van der Waals surface area contributed by atoms with E-state index < -0.39 is 15.9 Å². The fraction of sp³-hybridized carbons (Fsp3) is 0.211. The number of aromatic nitrogens is 3. The SMILES string of the molecule is Cc1c(-c2ccncc2)n[nH]c1N(C(=O)CCc1ccc(Cl)cc1)S(C)(=O)=O. The molecule has 0 aliphatic carbocycles. The Morgan fingerprint density at radius 3 is 2.39 bits per heavy atom. The van der Waals surface area contributed by atoms with Gasteiger partial charge in [0.1, 0.15) is 5.82 Å². The van der Waals surface area contributed by atoms with Crippen LogP contribution in [0.25, 0.3) is 11.3 Å². The molecule has 2 aromatic heterocycles. The highest BCUT2D eigenvalue weighted by Crippen LogP contribution is 2.29. The van der Waals surface area contributed by atoms with Crippen LogP contribution in [0, 0.1) is 6.92 Å². The van der Waals surface area contributed by atoms with Crippen molar-refractivity contribution < 1.29 is 13.2 Å². The molecule has 2 heterocycles. The number of carbonyl (C=O) groups is 1. The summed E-state index contributed by atoms with van der Waals surface area (Å²) in [6, 6.07) is 10.6. The van der Waals surface area contributed by atoms with E-state index >= 15 is 0 Å². The van der Waals surface area contributed by atoms with Gasteiger partial charge in [-0.1, -0.05) is 23.7 Å². The Hall–Kier alpha value is -2.71. The first kappa shape index (κ1) is 20.0. The summed E-state index contributed by atoms with van der Waals surface area (Å²) in [6.45, 7) is 1.72. The minimum Gasteiger partial charge on any atom is -0.273 e. The van der Waals surface area contributed by atoms with Gasteiger partial charge in [-0.05, 0) is 43.2 Å². The number of nitrogens with one attached hydrogen (secondary N) is 1. The molecule has 0 fully saturated rings. The van der Waals surface area contributed by atoms with Crippen molar-refractivity contribution in [3.05, 3.63) is 64.9 Å². The highest BCUT2D eigenvalue weighted by atomic mass is 35.5. The third-order valence-corrected chi connectivity index (χ3v) is 5.54. The Morgan fingerprint density at radius 2 is 1.79 bits per heavy atom. The Bertz CT molecular complexity index is 1080. The minimum absolute atomic E-state index is 0.0255. The van der Waals surface area contributed by atoms with Crippen LogP contribution in [0.1, 0.15) is 17.5 Å². The monoisotopic (exact) mass is 418 g/mol. The van der Waals surface area contributed by atoms with E-state index in [0.29, 0.717) is 22.7 Å². The lowest BCUT2D eigenvalue weighted by Crippen LogP contribution is -2.37. The van der Waals surface area contributed by atoms with Gasteiger partial charge < -0.3 is 0 Å². The van der Waals surface area contributed by atoms with E-state index in [2.05, 4.69) is 15.2 Å². The Kier molecular flexibility index (Phi) is 5.81. The first-order valence-corrected chi connectivity index (χ1v) is 10.7. The van der Waals surface area contributed by atoms with Gasteiger partial charge in [0, 0.05) is 35.0 Å². The van der Waals surface area contributed by atoms with Crippen molar-refractivity contribution in [1.29, 1.82) is 0 Å². The largest absolute Gasteiger partial charge is 0.273 e. The Labute approximate surface area is 168 Å². The number of aromatic amines is 1. The second-order valence-electron chi connectivity index (χ2n) is 6.33. The van der Waals surface area contributed by atoms with Crippen molar-refractivity contribution in [3.8, 4) is 11.3 Å². The predicted octanol–water partition coefficient (Wildman–Crippen LogP) is 3.36. The molecule has 1 N–H and O–H groups in total. The number of hydrogen-bond acceptors (Lipinski definition) is 5. The van der Waals surface area contributed by atoms with Crippen molar-refractivity contribution in [2.45, 2.75) is 19.8 Å². The lowest BCUT2D eigenvalue weighted by atomic mass is 10.1. The van der Waals surface area contributed by atoms with E-state index in [4.69, 9.17) is 11.6 Å². The summed E-state index contributed by atoms with van der Waals surface area (Å²) < 4.78 is 25.5. The number of anilines is 1. The molecule has 0 atom stereocenters. The molecule has 0 aliphatic heterocycles. The number of amides is 1. The third-order valence-electron chi connectivity index (χ3n) is 4.24. The average molecular weight is 419 g/mol. The Balaban J connectivity index is 1.88. The molecule has 0 radical (unpaired) electrons. The normalized spacial score (nSPS) is 11.4. The molecule has 28 heavy (non-hydrogen) atoms. The summed E-state index contributed by atoms with van der Waals surface area (Å²) in [5, 5.41) is 7.51. The van der Waals surface area contributed by atoms with Gasteiger partial charge in [0.2, 0.25) is 15.9 Å². The molecule has 0 saturated carbocycles. The summed E-state index contributed by atoms with van der Waals surface area (Å²) in [4.78, 5) is 16.8. The van der Waals surface area contributed by atoms with Crippen LogP contribution in [-0.4, -0.2) is 35.8 Å². The molecule has 146 valence electrons. The summed E-state index contributed by atoms with van der Waals surface area (Å²) >= 11 is 5.87. The molecular weight excluding hydrogens is 400 g/mol. The molecule has 3 aromatic rings. The second-order valence-corrected chi connectivity index (χ2v) is 8.60. The van der Waals surface area contributed by atoms with E-state index in [1.807, 2.05) is 12.1 Å². The maximum atomic E-state index is 12.8. The van der Waals surface area contributed by atoms with Crippen LogP contribution < -0.4 is 4.31 Å². The number of hydrogen-bond donors (Lipinski definition) is 1. The summed E-state index contributed by atoms with van der Waals surface area (Å²) in [6.07, 6.45) is 4.66. The average Bonchev–Trinajstić information content (AvgIpc) is 3.02. The van der Waals surface area contributed by atoms with Crippen LogP contribution in [0.2, 0.25) is 5.02 Å². The predicted molar refractivity (Wildman–Crippen MR) is 109 cm³/mol. The highest BCUT2D eigenvalue weighted by molar-refractivity contribution is 7.92. The van der Waals surface area contributed by atoms with Crippen LogP contribution in [0.3, 0.4) is 0 Å². The van der Waals surface area contributed by atoms with Crippen LogP contribution >= 0.6 is 11.6 Å². The van der Waals surface area contributed by atoms with Crippen molar-refractivity contribution in [2.24, 2.45) is 0 Å². The molecular formula is C19H19ClN4O3S. The molecule has 0 aliphatic rings. The number of halogens is 1. The lowest BCUT2D eigenvalue weighted by molar-refractivity contribution is -0.117. The van der Waals surface area contributed by atoms with Crippen LogP contribution in [0.15, 0.2) is 48.8 Å². The van der Waals surface area contributed by atoms with Gasteiger partial charge in [-0.3, -0.25) is 14.9 Å². The van der Waals surface area contributed by atoms with Gasteiger partial charge in [0.25, 0.3) is 0 Å². The molecule has 3 rings (SSSR count). The summed E-state index contributed by atoms with van der Waals surface area (Å²) in [7, 11) is -3.84. The van der Waals surface area contributed by atoms with Gasteiger partial charge in [-0.2, -0.15) is 9.40 Å². The van der Waals surface area contributed by atoms with E-state index in [1.54, 1.807) is 43.6 Å². The van der Waals surface area contributed by atoms with E-state index in [-0.39, 0.29) is 12.2 Å². The number of rotatable bonds is 6. The highest BCUT2D eigenvalue weighted by Gasteiger charge is 2.29. The maximum absolute atomic E-state index is 12.8. The van der Waals surface area contributed by atoms with Crippen molar-refractivity contribution in [3.63, 3.8) is 0 Å². The zero-order chi connectivity index (χ0) is 20.3. The van der Waals surface area contributed by atoms with Crippen molar-refractivity contribution >= 4 is 33.3 Å². The molecule has 0 bridgehead atoms. The van der Waals surface area contributed by atoms with Crippen molar-refractivity contribution in [1.82, 2.24) is 15.2 Å². The second kappa shape index (κ2) is 8.12.